The van der Waals surface area contributed by atoms with Crippen LogP contribution in [0.15, 0.2) is 18.2 Å². The van der Waals surface area contributed by atoms with E-state index in [0.29, 0.717) is 29.2 Å². The summed E-state index contributed by atoms with van der Waals surface area (Å²) >= 11 is 11.9. The van der Waals surface area contributed by atoms with Gasteiger partial charge in [0.1, 0.15) is 11.9 Å². The molecule has 0 aliphatic carbocycles. The smallest absolute Gasteiger partial charge is 0.126 e. The van der Waals surface area contributed by atoms with E-state index in [1.165, 1.54) is 0 Å². The van der Waals surface area contributed by atoms with Crippen LogP contribution < -0.4 is 10.1 Å². The van der Waals surface area contributed by atoms with Gasteiger partial charge in [0, 0.05) is 25.1 Å². The lowest BCUT2D eigenvalue weighted by molar-refractivity contribution is 0.0291. The van der Waals surface area contributed by atoms with Crippen LogP contribution in [0.3, 0.4) is 0 Å². The number of benzene rings is 1. The standard InChI is InChI=1S/C14H19Cl2NO2/c1-2-18-9-14(10-5-6-17-8-10)19-11-3-4-12(15)13(16)7-11/h3-4,7,10,14,17H,2,5-6,8-9H2,1H3/t10?,14-/m0/s1. The van der Waals surface area contributed by atoms with Gasteiger partial charge >= 0.3 is 0 Å². The summed E-state index contributed by atoms with van der Waals surface area (Å²) in [4.78, 5) is 0. The van der Waals surface area contributed by atoms with Crippen LogP contribution in [0.4, 0.5) is 0 Å². The molecule has 3 nitrogen and oxygen atoms in total. The molecule has 19 heavy (non-hydrogen) atoms. The lowest BCUT2D eigenvalue weighted by Gasteiger charge is -2.24. The van der Waals surface area contributed by atoms with Gasteiger partial charge in [0.15, 0.2) is 0 Å². The summed E-state index contributed by atoms with van der Waals surface area (Å²) in [6.45, 7) is 5.30. The van der Waals surface area contributed by atoms with E-state index in [1.54, 1.807) is 12.1 Å². The molecule has 1 aromatic rings. The lowest BCUT2D eigenvalue weighted by Crippen LogP contribution is -2.33. The number of halogens is 2. The van der Waals surface area contributed by atoms with Crippen molar-refractivity contribution in [2.24, 2.45) is 5.92 Å². The van der Waals surface area contributed by atoms with Crippen LogP contribution in [0.5, 0.6) is 5.75 Å². The quantitative estimate of drug-likeness (QED) is 0.874. The molecule has 2 atom stereocenters. The van der Waals surface area contributed by atoms with E-state index in [-0.39, 0.29) is 6.10 Å². The molecule has 1 N–H and O–H groups in total. The van der Waals surface area contributed by atoms with E-state index >= 15 is 0 Å². The number of hydrogen-bond acceptors (Lipinski definition) is 3. The predicted molar refractivity (Wildman–Crippen MR) is 78.3 cm³/mol. The zero-order valence-electron chi connectivity index (χ0n) is 11.0. The zero-order chi connectivity index (χ0) is 13.7. The van der Waals surface area contributed by atoms with E-state index in [2.05, 4.69) is 5.32 Å². The van der Waals surface area contributed by atoms with Crippen molar-refractivity contribution in [2.75, 3.05) is 26.3 Å². The summed E-state index contributed by atoms with van der Waals surface area (Å²) in [6.07, 6.45) is 1.16. The first-order valence-corrected chi connectivity index (χ1v) is 7.36. The van der Waals surface area contributed by atoms with Crippen molar-refractivity contribution in [2.45, 2.75) is 19.4 Å². The first-order chi connectivity index (χ1) is 9.20. The van der Waals surface area contributed by atoms with Crippen molar-refractivity contribution in [1.29, 1.82) is 0 Å². The maximum absolute atomic E-state index is 6.03. The monoisotopic (exact) mass is 303 g/mol. The van der Waals surface area contributed by atoms with Gasteiger partial charge in [-0.1, -0.05) is 23.2 Å². The third-order valence-electron chi connectivity index (χ3n) is 3.29. The fraction of sp³-hybridized carbons (Fsp3) is 0.571. The molecule has 0 saturated carbocycles. The van der Waals surface area contributed by atoms with Gasteiger partial charge in [0.2, 0.25) is 0 Å². The van der Waals surface area contributed by atoms with Gasteiger partial charge in [-0.3, -0.25) is 0 Å². The molecule has 1 fully saturated rings. The third-order valence-corrected chi connectivity index (χ3v) is 4.03. The maximum atomic E-state index is 6.03. The maximum Gasteiger partial charge on any atom is 0.126 e. The molecule has 0 spiro atoms. The molecular weight excluding hydrogens is 285 g/mol. The summed E-state index contributed by atoms with van der Waals surface area (Å²) in [5, 5.41) is 4.41. The minimum Gasteiger partial charge on any atom is -0.488 e. The highest BCUT2D eigenvalue weighted by molar-refractivity contribution is 6.42. The molecule has 1 heterocycles. The number of rotatable bonds is 6. The van der Waals surface area contributed by atoms with Crippen LogP contribution >= 0.6 is 23.2 Å². The Bertz CT molecular complexity index is 408. The van der Waals surface area contributed by atoms with Crippen molar-refractivity contribution in [3.05, 3.63) is 28.2 Å². The average Bonchev–Trinajstić information content (AvgIpc) is 2.92. The molecule has 106 valence electrons. The lowest BCUT2D eigenvalue weighted by atomic mass is 10.0. The zero-order valence-corrected chi connectivity index (χ0v) is 12.5. The Morgan fingerprint density at radius 3 is 2.84 bits per heavy atom. The second-order valence-corrected chi connectivity index (χ2v) is 5.46. The third kappa shape index (κ3) is 4.25. The van der Waals surface area contributed by atoms with Gasteiger partial charge in [-0.25, -0.2) is 0 Å². The van der Waals surface area contributed by atoms with Gasteiger partial charge in [-0.05, 0) is 32.0 Å². The second-order valence-electron chi connectivity index (χ2n) is 4.64. The van der Waals surface area contributed by atoms with Crippen LogP contribution in [-0.2, 0) is 4.74 Å². The molecular formula is C14H19Cl2NO2. The Labute approximate surface area is 124 Å². The molecule has 0 bridgehead atoms. The minimum atomic E-state index is 0.0483. The van der Waals surface area contributed by atoms with E-state index in [0.717, 1.165) is 25.3 Å². The highest BCUT2D eigenvalue weighted by Gasteiger charge is 2.26. The van der Waals surface area contributed by atoms with Crippen molar-refractivity contribution < 1.29 is 9.47 Å². The number of hydrogen-bond donors (Lipinski definition) is 1. The first kappa shape index (κ1) is 14.9. The van der Waals surface area contributed by atoms with Crippen LogP contribution in [-0.4, -0.2) is 32.4 Å². The summed E-state index contributed by atoms with van der Waals surface area (Å²) < 4.78 is 11.6. The van der Waals surface area contributed by atoms with Crippen molar-refractivity contribution in [1.82, 2.24) is 5.32 Å². The van der Waals surface area contributed by atoms with E-state index in [4.69, 9.17) is 32.7 Å². The topological polar surface area (TPSA) is 30.5 Å². The Kier molecular flexibility index (Phi) is 5.76. The molecule has 1 aliphatic heterocycles. The van der Waals surface area contributed by atoms with Crippen LogP contribution in [0.1, 0.15) is 13.3 Å². The Morgan fingerprint density at radius 2 is 2.21 bits per heavy atom. The van der Waals surface area contributed by atoms with Gasteiger partial charge in [0.05, 0.1) is 16.7 Å². The highest BCUT2D eigenvalue weighted by atomic mass is 35.5. The normalized spacial score (nSPS) is 20.5. The van der Waals surface area contributed by atoms with E-state index < -0.39 is 0 Å². The fourth-order valence-corrected chi connectivity index (χ4v) is 2.51. The molecule has 1 saturated heterocycles. The minimum absolute atomic E-state index is 0.0483. The van der Waals surface area contributed by atoms with E-state index in [9.17, 15) is 0 Å². The van der Waals surface area contributed by atoms with Crippen molar-refractivity contribution >= 4 is 23.2 Å². The Hall–Kier alpha value is -0.480. The average molecular weight is 304 g/mol. The molecule has 0 amide bonds. The van der Waals surface area contributed by atoms with Gasteiger partial charge in [-0.15, -0.1) is 0 Å². The van der Waals surface area contributed by atoms with Crippen molar-refractivity contribution in [3.63, 3.8) is 0 Å². The number of ether oxygens (including phenoxy) is 2. The van der Waals surface area contributed by atoms with E-state index in [1.807, 2.05) is 13.0 Å². The molecule has 0 aromatic heterocycles. The Balaban J connectivity index is 2.03. The summed E-state index contributed by atoms with van der Waals surface area (Å²) in [5.74, 6) is 1.21. The molecule has 0 radical (unpaired) electrons. The molecule has 1 aliphatic rings. The van der Waals surface area contributed by atoms with Gasteiger partial charge in [0.25, 0.3) is 0 Å². The van der Waals surface area contributed by atoms with Crippen LogP contribution in [0, 0.1) is 5.92 Å². The molecule has 1 aromatic carbocycles. The van der Waals surface area contributed by atoms with Gasteiger partial charge in [-0.2, -0.15) is 0 Å². The summed E-state index contributed by atoms with van der Waals surface area (Å²) in [5.41, 5.74) is 0. The van der Waals surface area contributed by atoms with Gasteiger partial charge < -0.3 is 14.8 Å². The highest BCUT2D eigenvalue weighted by Crippen LogP contribution is 2.28. The summed E-state index contributed by atoms with van der Waals surface area (Å²) in [7, 11) is 0. The fourth-order valence-electron chi connectivity index (χ4n) is 2.22. The molecule has 2 rings (SSSR count). The van der Waals surface area contributed by atoms with Crippen LogP contribution in [0.2, 0.25) is 10.0 Å². The first-order valence-electron chi connectivity index (χ1n) is 6.61. The second kappa shape index (κ2) is 7.34. The SMILES string of the molecule is CCOC[C@H](Oc1ccc(Cl)c(Cl)c1)C1CCNC1. The van der Waals surface area contributed by atoms with Crippen LogP contribution in [0.25, 0.3) is 0 Å². The molecule has 1 unspecified atom stereocenters. The largest absolute Gasteiger partial charge is 0.488 e. The van der Waals surface area contributed by atoms with Crippen molar-refractivity contribution in [3.8, 4) is 5.75 Å². The predicted octanol–water partition coefficient (Wildman–Crippen LogP) is 3.39. The molecule has 5 heteroatoms. The number of nitrogens with one attached hydrogen (secondary N) is 1. The summed E-state index contributed by atoms with van der Waals surface area (Å²) in [6, 6.07) is 5.35. The Morgan fingerprint density at radius 1 is 1.37 bits per heavy atom.